The number of benzene rings is 1. The molecule has 1 aliphatic rings. The van der Waals surface area contributed by atoms with Crippen molar-refractivity contribution in [1.82, 2.24) is 5.16 Å². The Morgan fingerprint density at radius 2 is 2.12 bits per heavy atom. The number of hydrogen-bond acceptors (Lipinski definition) is 5. The molecular formula is C19H25N3O3. The minimum Gasteiger partial charge on any atom is -0.380 e. The molecule has 2 heterocycles. The minimum absolute atomic E-state index is 0.00614. The number of nitrogens with zero attached hydrogens (tertiary/aromatic N) is 2. The number of amides is 1. The normalized spacial score (nSPS) is 17.1. The van der Waals surface area contributed by atoms with Crippen molar-refractivity contribution in [2.24, 2.45) is 0 Å². The molecule has 1 unspecified atom stereocenters. The first-order chi connectivity index (χ1) is 12.1. The molecular weight excluding hydrogens is 318 g/mol. The Labute approximate surface area is 148 Å². The fourth-order valence-electron chi connectivity index (χ4n) is 3.23. The number of aryl methyl sites for hydroxylation is 2. The van der Waals surface area contributed by atoms with E-state index < -0.39 is 0 Å². The smallest absolute Gasteiger partial charge is 0.224 e. The Kier molecular flexibility index (Phi) is 5.38. The molecule has 1 aliphatic heterocycles. The molecule has 134 valence electrons. The van der Waals surface area contributed by atoms with Crippen LogP contribution in [0, 0.1) is 13.8 Å². The average Bonchev–Trinajstić information content (AvgIpc) is 3.21. The monoisotopic (exact) mass is 343 g/mol. The van der Waals surface area contributed by atoms with Crippen LogP contribution in [-0.4, -0.2) is 37.4 Å². The van der Waals surface area contributed by atoms with Gasteiger partial charge in [0, 0.05) is 43.6 Å². The lowest BCUT2D eigenvalue weighted by Gasteiger charge is -2.18. The summed E-state index contributed by atoms with van der Waals surface area (Å²) in [5, 5.41) is 6.86. The highest BCUT2D eigenvalue weighted by Gasteiger charge is 2.22. The lowest BCUT2D eigenvalue weighted by Crippen LogP contribution is -2.22. The summed E-state index contributed by atoms with van der Waals surface area (Å²) in [7, 11) is 1.76. The Morgan fingerprint density at radius 1 is 1.36 bits per heavy atom. The van der Waals surface area contributed by atoms with Crippen molar-refractivity contribution >= 4 is 17.3 Å². The molecule has 6 heteroatoms. The van der Waals surface area contributed by atoms with Crippen LogP contribution in [0.25, 0.3) is 0 Å². The van der Waals surface area contributed by atoms with Gasteiger partial charge in [0.2, 0.25) is 5.91 Å². The molecule has 0 spiro atoms. The van der Waals surface area contributed by atoms with E-state index in [1.807, 2.05) is 38.1 Å². The molecule has 1 N–H and O–H groups in total. The van der Waals surface area contributed by atoms with Gasteiger partial charge in [0.1, 0.15) is 5.76 Å². The van der Waals surface area contributed by atoms with Gasteiger partial charge in [-0.05, 0) is 51.0 Å². The first-order valence-electron chi connectivity index (χ1n) is 8.66. The number of carbonyl (C=O) groups excluding carboxylic acids is 1. The first-order valence-corrected chi connectivity index (χ1v) is 8.66. The molecule has 1 aromatic heterocycles. The fraction of sp³-hybridized carbons (Fsp3) is 0.474. The molecule has 1 aromatic carbocycles. The van der Waals surface area contributed by atoms with Crippen molar-refractivity contribution in [3.63, 3.8) is 0 Å². The predicted octanol–water partition coefficient (Wildman–Crippen LogP) is 3.09. The van der Waals surface area contributed by atoms with E-state index in [0.717, 1.165) is 47.9 Å². The van der Waals surface area contributed by atoms with E-state index in [9.17, 15) is 4.79 Å². The molecule has 0 bridgehead atoms. The highest BCUT2D eigenvalue weighted by atomic mass is 16.5. The van der Waals surface area contributed by atoms with Gasteiger partial charge in [-0.3, -0.25) is 4.79 Å². The largest absolute Gasteiger partial charge is 0.380 e. The number of carbonyl (C=O) groups is 1. The molecule has 3 rings (SSSR count). The zero-order valence-corrected chi connectivity index (χ0v) is 15.0. The molecule has 6 nitrogen and oxygen atoms in total. The molecule has 25 heavy (non-hydrogen) atoms. The Bertz CT molecular complexity index is 705. The second kappa shape index (κ2) is 7.70. The summed E-state index contributed by atoms with van der Waals surface area (Å²) in [6.45, 7) is 5.69. The van der Waals surface area contributed by atoms with Crippen LogP contribution < -0.4 is 10.2 Å². The number of ether oxygens (including phenoxy) is 1. The lowest BCUT2D eigenvalue weighted by molar-refractivity contribution is -0.116. The third-order valence-electron chi connectivity index (χ3n) is 4.78. The summed E-state index contributed by atoms with van der Waals surface area (Å²) >= 11 is 0. The van der Waals surface area contributed by atoms with Gasteiger partial charge in [-0.1, -0.05) is 5.16 Å². The second-order valence-corrected chi connectivity index (χ2v) is 6.49. The average molecular weight is 343 g/mol. The van der Waals surface area contributed by atoms with E-state index in [1.165, 1.54) is 0 Å². The van der Waals surface area contributed by atoms with Crippen LogP contribution in [0.5, 0.6) is 0 Å². The van der Waals surface area contributed by atoms with Crippen molar-refractivity contribution in [3.05, 3.63) is 41.3 Å². The van der Waals surface area contributed by atoms with Gasteiger partial charge in [0.25, 0.3) is 0 Å². The summed E-state index contributed by atoms with van der Waals surface area (Å²) in [6, 6.07) is 7.98. The summed E-state index contributed by atoms with van der Waals surface area (Å²) in [5.74, 6) is 0.781. The molecule has 1 fully saturated rings. The predicted molar refractivity (Wildman–Crippen MR) is 97.0 cm³/mol. The minimum atomic E-state index is -0.00614. The van der Waals surface area contributed by atoms with Crippen LogP contribution in [0.3, 0.4) is 0 Å². The van der Waals surface area contributed by atoms with Crippen LogP contribution in [0.4, 0.5) is 11.4 Å². The molecule has 1 atom stereocenters. The van der Waals surface area contributed by atoms with Crippen molar-refractivity contribution in [3.8, 4) is 0 Å². The maximum absolute atomic E-state index is 12.2. The summed E-state index contributed by atoms with van der Waals surface area (Å²) in [5.41, 5.74) is 3.85. The molecule has 2 aromatic rings. The molecule has 0 radical (unpaired) electrons. The Morgan fingerprint density at radius 3 is 2.72 bits per heavy atom. The molecule has 1 amide bonds. The van der Waals surface area contributed by atoms with E-state index in [0.29, 0.717) is 18.9 Å². The van der Waals surface area contributed by atoms with Gasteiger partial charge in [-0.2, -0.15) is 0 Å². The topological polar surface area (TPSA) is 67.6 Å². The second-order valence-electron chi connectivity index (χ2n) is 6.49. The quantitative estimate of drug-likeness (QED) is 0.873. The van der Waals surface area contributed by atoms with Crippen molar-refractivity contribution in [2.75, 3.05) is 30.4 Å². The number of hydrogen-bond donors (Lipinski definition) is 1. The van der Waals surface area contributed by atoms with Gasteiger partial charge >= 0.3 is 0 Å². The summed E-state index contributed by atoms with van der Waals surface area (Å²) < 4.78 is 10.5. The van der Waals surface area contributed by atoms with E-state index in [4.69, 9.17) is 9.26 Å². The third-order valence-corrected chi connectivity index (χ3v) is 4.78. The van der Waals surface area contributed by atoms with E-state index in [2.05, 4.69) is 15.4 Å². The van der Waals surface area contributed by atoms with Crippen LogP contribution >= 0.6 is 0 Å². The zero-order chi connectivity index (χ0) is 17.8. The van der Waals surface area contributed by atoms with E-state index in [1.54, 1.807) is 7.11 Å². The van der Waals surface area contributed by atoms with E-state index in [-0.39, 0.29) is 5.91 Å². The van der Waals surface area contributed by atoms with Crippen LogP contribution in [0.15, 0.2) is 28.8 Å². The van der Waals surface area contributed by atoms with E-state index >= 15 is 0 Å². The Balaban J connectivity index is 1.52. The molecule has 0 saturated carbocycles. The van der Waals surface area contributed by atoms with Gasteiger partial charge < -0.3 is 19.5 Å². The highest BCUT2D eigenvalue weighted by molar-refractivity contribution is 5.91. The lowest BCUT2D eigenvalue weighted by atomic mass is 10.1. The molecule has 0 aliphatic carbocycles. The summed E-state index contributed by atoms with van der Waals surface area (Å²) in [4.78, 5) is 14.5. The number of aromatic nitrogens is 1. The van der Waals surface area contributed by atoms with Crippen LogP contribution in [0.1, 0.15) is 29.9 Å². The van der Waals surface area contributed by atoms with Gasteiger partial charge in [0.05, 0.1) is 11.8 Å². The van der Waals surface area contributed by atoms with Crippen molar-refractivity contribution in [1.29, 1.82) is 0 Å². The fourth-order valence-corrected chi connectivity index (χ4v) is 3.23. The summed E-state index contributed by atoms with van der Waals surface area (Å²) in [6.07, 6.45) is 2.41. The first kappa shape index (κ1) is 17.5. The van der Waals surface area contributed by atoms with Crippen molar-refractivity contribution in [2.45, 2.75) is 39.2 Å². The van der Waals surface area contributed by atoms with Gasteiger partial charge in [-0.15, -0.1) is 0 Å². The van der Waals surface area contributed by atoms with Crippen LogP contribution in [-0.2, 0) is 16.0 Å². The number of anilines is 2. The number of nitrogens with one attached hydrogen (secondary N) is 1. The van der Waals surface area contributed by atoms with Crippen molar-refractivity contribution < 1.29 is 14.1 Å². The number of rotatable bonds is 6. The maximum atomic E-state index is 12.2. The zero-order valence-electron chi connectivity index (χ0n) is 15.0. The third kappa shape index (κ3) is 4.20. The van der Waals surface area contributed by atoms with Gasteiger partial charge in [-0.25, -0.2) is 0 Å². The Hall–Kier alpha value is -2.34. The maximum Gasteiger partial charge on any atom is 0.224 e. The van der Waals surface area contributed by atoms with Gasteiger partial charge in [0.15, 0.2) is 0 Å². The number of methoxy groups -OCH3 is 1. The standard InChI is InChI=1S/C19H25N3O3/c1-13-18(14(2)25-21-13)8-9-19(23)20-15-4-6-16(7-5-15)22-11-10-17(12-22)24-3/h4-7,17H,8-12H2,1-3H3,(H,20,23). The SMILES string of the molecule is COC1CCN(c2ccc(NC(=O)CCc3c(C)noc3C)cc2)C1. The highest BCUT2D eigenvalue weighted by Crippen LogP contribution is 2.23. The molecule has 1 saturated heterocycles. The van der Waals surface area contributed by atoms with Crippen LogP contribution in [0.2, 0.25) is 0 Å².